The van der Waals surface area contributed by atoms with Crippen molar-refractivity contribution in [3.8, 4) is 0 Å². The Balaban J connectivity index is 2.45. The Kier molecular flexibility index (Phi) is 3.65. The van der Waals surface area contributed by atoms with Gasteiger partial charge in [-0.25, -0.2) is 4.39 Å². The fourth-order valence-corrected chi connectivity index (χ4v) is 0.795. The molecule has 0 aliphatic rings. The summed E-state index contributed by atoms with van der Waals surface area (Å²) in [6.07, 6.45) is -3.41. The predicted octanol–water partition coefficient (Wildman–Crippen LogP) is 2.74. The summed E-state index contributed by atoms with van der Waals surface area (Å²) in [5, 5.41) is 3.06. The van der Waals surface area contributed by atoms with Crippen LogP contribution in [-0.2, 0) is 4.84 Å². The highest BCUT2D eigenvalue weighted by Gasteiger charge is 2.28. The van der Waals surface area contributed by atoms with Gasteiger partial charge in [-0.05, 0) is 17.7 Å². The fourth-order valence-electron chi connectivity index (χ4n) is 0.795. The molecular weight excluding hydrogens is 214 g/mol. The van der Waals surface area contributed by atoms with Gasteiger partial charge in [0.2, 0.25) is 6.61 Å². The standard InChI is InChI=1S/C9H7F4NO/c10-8-3-1-2-7(4-8)5-14-15-6-9(11,12)13/h1-5H,6H2. The lowest BCUT2D eigenvalue weighted by Gasteiger charge is -2.02. The third-order valence-electron chi connectivity index (χ3n) is 1.35. The first-order valence-corrected chi connectivity index (χ1v) is 3.95. The maximum absolute atomic E-state index is 12.6. The van der Waals surface area contributed by atoms with Crippen LogP contribution in [0.5, 0.6) is 0 Å². The summed E-state index contributed by atoms with van der Waals surface area (Å²) in [7, 11) is 0. The van der Waals surface area contributed by atoms with Crippen molar-refractivity contribution in [1.82, 2.24) is 0 Å². The van der Waals surface area contributed by atoms with Gasteiger partial charge < -0.3 is 4.84 Å². The van der Waals surface area contributed by atoms with Crippen molar-refractivity contribution in [2.75, 3.05) is 6.61 Å². The first-order chi connectivity index (χ1) is 6.97. The molecule has 0 amide bonds. The van der Waals surface area contributed by atoms with Gasteiger partial charge in [-0.3, -0.25) is 0 Å². The Morgan fingerprint density at radius 3 is 2.67 bits per heavy atom. The van der Waals surface area contributed by atoms with E-state index < -0.39 is 18.6 Å². The van der Waals surface area contributed by atoms with Crippen LogP contribution in [0.1, 0.15) is 5.56 Å². The molecule has 2 nitrogen and oxygen atoms in total. The second kappa shape index (κ2) is 4.77. The summed E-state index contributed by atoms with van der Waals surface area (Å²) in [5.41, 5.74) is 0.331. The van der Waals surface area contributed by atoms with Crippen molar-refractivity contribution in [3.63, 3.8) is 0 Å². The molecule has 0 N–H and O–H groups in total. The molecule has 0 radical (unpaired) electrons. The lowest BCUT2D eigenvalue weighted by molar-refractivity contribution is -0.173. The monoisotopic (exact) mass is 221 g/mol. The van der Waals surface area contributed by atoms with Crippen LogP contribution in [0.3, 0.4) is 0 Å². The van der Waals surface area contributed by atoms with E-state index in [2.05, 4.69) is 9.99 Å². The second-order valence-electron chi connectivity index (χ2n) is 2.68. The lowest BCUT2D eigenvalue weighted by atomic mass is 10.2. The van der Waals surface area contributed by atoms with Crippen molar-refractivity contribution in [3.05, 3.63) is 35.6 Å². The van der Waals surface area contributed by atoms with E-state index in [0.717, 1.165) is 12.3 Å². The molecule has 0 aromatic heterocycles. The van der Waals surface area contributed by atoms with Crippen LogP contribution in [0.2, 0.25) is 0 Å². The van der Waals surface area contributed by atoms with Gasteiger partial charge >= 0.3 is 6.18 Å². The minimum atomic E-state index is -4.42. The molecule has 0 saturated heterocycles. The van der Waals surface area contributed by atoms with E-state index in [1.165, 1.54) is 18.2 Å². The third-order valence-corrected chi connectivity index (χ3v) is 1.35. The molecule has 1 aromatic carbocycles. The zero-order valence-electron chi connectivity index (χ0n) is 7.46. The molecule has 1 rings (SSSR count). The molecule has 0 fully saturated rings. The van der Waals surface area contributed by atoms with Crippen molar-refractivity contribution in [2.24, 2.45) is 5.16 Å². The number of hydrogen-bond donors (Lipinski definition) is 0. The fraction of sp³-hybridized carbons (Fsp3) is 0.222. The Hall–Kier alpha value is -1.59. The van der Waals surface area contributed by atoms with Gasteiger partial charge in [0.15, 0.2) is 0 Å². The molecule has 0 bridgehead atoms. The van der Waals surface area contributed by atoms with Crippen molar-refractivity contribution < 1.29 is 22.4 Å². The highest BCUT2D eigenvalue weighted by molar-refractivity contribution is 5.78. The topological polar surface area (TPSA) is 21.6 Å². The van der Waals surface area contributed by atoms with Crippen molar-refractivity contribution in [2.45, 2.75) is 6.18 Å². The van der Waals surface area contributed by atoms with E-state index in [9.17, 15) is 17.6 Å². The molecule has 0 saturated carbocycles. The summed E-state index contributed by atoms with van der Waals surface area (Å²) in [5.74, 6) is -0.491. The first kappa shape index (κ1) is 11.5. The van der Waals surface area contributed by atoms with Crippen molar-refractivity contribution >= 4 is 6.21 Å². The molecular formula is C9H7F4NO. The molecule has 15 heavy (non-hydrogen) atoms. The smallest absolute Gasteiger partial charge is 0.386 e. The Morgan fingerprint density at radius 1 is 1.33 bits per heavy atom. The van der Waals surface area contributed by atoms with E-state index in [4.69, 9.17) is 0 Å². The Morgan fingerprint density at radius 2 is 2.07 bits per heavy atom. The molecule has 0 spiro atoms. The first-order valence-electron chi connectivity index (χ1n) is 3.95. The molecule has 0 heterocycles. The molecule has 0 aliphatic heterocycles. The average molecular weight is 221 g/mol. The number of oxime groups is 1. The van der Waals surface area contributed by atoms with E-state index in [1.54, 1.807) is 0 Å². The van der Waals surface area contributed by atoms with E-state index in [0.29, 0.717) is 5.56 Å². The summed E-state index contributed by atoms with van der Waals surface area (Å²) >= 11 is 0. The highest BCUT2D eigenvalue weighted by Crippen LogP contribution is 2.14. The summed E-state index contributed by atoms with van der Waals surface area (Å²) in [4.78, 5) is 3.96. The van der Waals surface area contributed by atoms with Crippen molar-refractivity contribution in [1.29, 1.82) is 0 Å². The van der Waals surface area contributed by atoms with Crippen LogP contribution in [0.25, 0.3) is 0 Å². The molecule has 0 atom stereocenters. The Labute approximate surface area is 83.2 Å². The quantitative estimate of drug-likeness (QED) is 0.437. The number of nitrogens with zero attached hydrogens (tertiary/aromatic N) is 1. The number of alkyl halides is 3. The number of halogens is 4. The number of rotatable bonds is 3. The molecule has 0 unspecified atom stereocenters. The third kappa shape index (κ3) is 4.99. The largest absolute Gasteiger partial charge is 0.425 e. The molecule has 82 valence electrons. The van der Waals surface area contributed by atoms with Crippen LogP contribution in [-0.4, -0.2) is 19.0 Å². The second-order valence-corrected chi connectivity index (χ2v) is 2.68. The maximum atomic E-state index is 12.6. The number of benzene rings is 1. The predicted molar refractivity (Wildman–Crippen MR) is 46.0 cm³/mol. The van der Waals surface area contributed by atoms with E-state index in [-0.39, 0.29) is 0 Å². The van der Waals surface area contributed by atoms with Gasteiger partial charge in [0, 0.05) is 0 Å². The Bertz CT molecular complexity index is 348. The van der Waals surface area contributed by atoms with Crippen LogP contribution in [0, 0.1) is 5.82 Å². The van der Waals surface area contributed by atoms with Crippen LogP contribution >= 0.6 is 0 Å². The minimum Gasteiger partial charge on any atom is -0.386 e. The highest BCUT2D eigenvalue weighted by atomic mass is 19.4. The van der Waals surface area contributed by atoms with Crippen LogP contribution < -0.4 is 0 Å². The van der Waals surface area contributed by atoms with E-state index in [1.807, 2.05) is 0 Å². The van der Waals surface area contributed by atoms with E-state index >= 15 is 0 Å². The lowest BCUT2D eigenvalue weighted by Crippen LogP contribution is -2.14. The molecule has 6 heteroatoms. The average Bonchev–Trinajstić information content (AvgIpc) is 2.11. The van der Waals surface area contributed by atoms with Gasteiger partial charge in [0.25, 0.3) is 0 Å². The SMILES string of the molecule is Fc1cccc(C=NOCC(F)(F)F)c1. The van der Waals surface area contributed by atoms with Gasteiger partial charge in [-0.1, -0.05) is 17.3 Å². The summed E-state index contributed by atoms with van der Waals surface area (Å²) in [6, 6.07) is 5.25. The summed E-state index contributed by atoms with van der Waals surface area (Å²) in [6.45, 7) is -1.46. The van der Waals surface area contributed by atoms with Crippen LogP contribution in [0.15, 0.2) is 29.4 Å². The summed E-state index contributed by atoms with van der Waals surface area (Å²) < 4.78 is 47.3. The number of hydrogen-bond acceptors (Lipinski definition) is 2. The molecule has 1 aromatic rings. The normalized spacial score (nSPS) is 12.0. The van der Waals surface area contributed by atoms with Crippen LogP contribution in [0.4, 0.5) is 17.6 Å². The maximum Gasteiger partial charge on any atom is 0.425 e. The van der Waals surface area contributed by atoms with Gasteiger partial charge in [-0.2, -0.15) is 13.2 Å². The minimum absolute atomic E-state index is 0.331. The van der Waals surface area contributed by atoms with Gasteiger partial charge in [0.1, 0.15) is 5.82 Å². The zero-order valence-corrected chi connectivity index (χ0v) is 7.46. The molecule has 0 aliphatic carbocycles. The van der Waals surface area contributed by atoms with Gasteiger partial charge in [-0.15, -0.1) is 0 Å². The van der Waals surface area contributed by atoms with Gasteiger partial charge in [0.05, 0.1) is 6.21 Å². The zero-order chi connectivity index (χ0) is 11.3.